The van der Waals surface area contributed by atoms with Crippen molar-refractivity contribution in [2.75, 3.05) is 5.32 Å². The normalized spacial score (nSPS) is 11.7. The number of nitrogens with two attached hydrogens (primary N) is 1. The molecule has 6 nitrogen and oxygen atoms in total. The fourth-order valence-corrected chi connectivity index (χ4v) is 1.69. The molecular formula is C13H15FN2O4. The first-order chi connectivity index (χ1) is 9.29. The summed E-state index contributed by atoms with van der Waals surface area (Å²) < 4.78 is 13.2. The Kier molecular flexibility index (Phi) is 5.19. The van der Waals surface area contributed by atoms with Crippen molar-refractivity contribution in [3.05, 3.63) is 29.6 Å². The fourth-order valence-electron chi connectivity index (χ4n) is 1.69. The summed E-state index contributed by atoms with van der Waals surface area (Å²) in [5.41, 5.74) is 4.90. The van der Waals surface area contributed by atoms with Crippen LogP contribution in [0.2, 0.25) is 0 Å². The molecule has 4 N–H and O–H groups in total. The molecule has 0 aliphatic carbocycles. The minimum absolute atomic E-state index is 0.00951. The molecule has 1 atom stereocenters. The SMILES string of the molecule is CC(CC(=O)O)CC(=O)Nc1ccc(F)c(C(N)=O)c1. The predicted molar refractivity (Wildman–Crippen MR) is 69.6 cm³/mol. The van der Waals surface area contributed by atoms with Crippen molar-refractivity contribution in [3.63, 3.8) is 0 Å². The first-order valence-electron chi connectivity index (χ1n) is 5.90. The molecule has 0 heterocycles. The topological polar surface area (TPSA) is 109 Å². The summed E-state index contributed by atoms with van der Waals surface area (Å²) in [6.45, 7) is 1.63. The van der Waals surface area contributed by atoms with Gasteiger partial charge in [-0.2, -0.15) is 0 Å². The van der Waals surface area contributed by atoms with E-state index in [9.17, 15) is 18.8 Å². The van der Waals surface area contributed by atoms with Gasteiger partial charge in [0, 0.05) is 18.5 Å². The number of hydrogen-bond acceptors (Lipinski definition) is 3. The van der Waals surface area contributed by atoms with Gasteiger partial charge in [0.25, 0.3) is 5.91 Å². The maximum atomic E-state index is 13.2. The Morgan fingerprint density at radius 3 is 2.55 bits per heavy atom. The van der Waals surface area contributed by atoms with Crippen LogP contribution in [0.25, 0.3) is 0 Å². The second-order valence-corrected chi connectivity index (χ2v) is 4.51. The summed E-state index contributed by atoms with van der Waals surface area (Å²) in [7, 11) is 0. The molecule has 0 saturated heterocycles. The maximum Gasteiger partial charge on any atom is 0.303 e. The zero-order valence-electron chi connectivity index (χ0n) is 10.9. The van der Waals surface area contributed by atoms with E-state index in [0.29, 0.717) is 0 Å². The largest absolute Gasteiger partial charge is 0.481 e. The molecular weight excluding hydrogens is 267 g/mol. The Morgan fingerprint density at radius 2 is 2.00 bits per heavy atom. The number of anilines is 1. The highest BCUT2D eigenvalue weighted by Gasteiger charge is 2.14. The van der Waals surface area contributed by atoms with E-state index in [-0.39, 0.29) is 30.0 Å². The zero-order chi connectivity index (χ0) is 15.3. The quantitative estimate of drug-likeness (QED) is 0.731. The van der Waals surface area contributed by atoms with Crippen molar-refractivity contribution in [1.82, 2.24) is 0 Å². The summed E-state index contributed by atoms with van der Waals surface area (Å²) >= 11 is 0. The number of carboxylic acid groups (broad SMARTS) is 1. The predicted octanol–water partition coefficient (Wildman–Crippen LogP) is 1.36. The monoisotopic (exact) mass is 282 g/mol. The van der Waals surface area contributed by atoms with Crippen LogP contribution in [0.3, 0.4) is 0 Å². The number of carbonyl (C=O) groups is 3. The highest BCUT2D eigenvalue weighted by molar-refractivity contribution is 5.96. The van der Waals surface area contributed by atoms with Crippen LogP contribution >= 0.6 is 0 Å². The summed E-state index contributed by atoms with van der Waals surface area (Å²) in [5, 5.41) is 11.1. The van der Waals surface area contributed by atoms with Crippen molar-refractivity contribution < 1.29 is 23.9 Å². The average molecular weight is 282 g/mol. The summed E-state index contributed by atoms with van der Waals surface area (Å²) in [4.78, 5) is 33.1. The molecule has 20 heavy (non-hydrogen) atoms. The minimum Gasteiger partial charge on any atom is -0.481 e. The molecule has 1 rings (SSSR count). The van der Waals surface area contributed by atoms with E-state index < -0.39 is 23.6 Å². The number of rotatable bonds is 6. The average Bonchev–Trinajstić information content (AvgIpc) is 2.29. The number of carbonyl (C=O) groups excluding carboxylic acids is 2. The van der Waals surface area contributed by atoms with Gasteiger partial charge in [-0.1, -0.05) is 6.92 Å². The smallest absolute Gasteiger partial charge is 0.303 e. The maximum absolute atomic E-state index is 13.2. The van der Waals surface area contributed by atoms with E-state index in [1.807, 2.05) is 0 Å². The van der Waals surface area contributed by atoms with Gasteiger partial charge >= 0.3 is 5.97 Å². The van der Waals surface area contributed by atoms with Gasteiger partial charge in [-0.05, 0) is 24.1 Å². The van der Waals surface area contributed by atoms with E-state index in [4.69, 9.17) is 10.8 Å². The van der Waals surface area contributed by atoms with Crippen molar-refractivity contribution in [1.29, 1.82) is 0 Å². The molecule has 1 aromatic carbocycles. The summed E-state index contributed by atoms with van der Waals surface area (Å²) in [5.74, 6) is -3.43. The van der Waals surface area contributed by atoms with Crippen LogP contribution in [-0.4, -0.2) is 22.9 Å². The standard InChI is InChI=1S/C13H15FN2O4/c1-7(5-12(18)19)4-11(17)16-8-2-3-10(14)9(6-8)13(15)20/h2-3,6-7H,4-5H2,1H3,(H2,15,20)(H,16,17)(H,18,19). The molecule has 0 aliphatic rings. The van der Waals surface area contributed by atoms with Crippen molar-refractivity contribution in [2.45, 2.75) is 19.8 Å². The van der Waals surface area contributed by atoms with E-state index in [1.165, 1.54) is 6.07 Å². The van der Waals surface area contributed by atoms with Crippen molar-refractivity contribution in [3.8, 4) is 0 Å². The third-order valence-corrected chi connectivity index (χ3v) is 2.57. The molecule has 1 aromatic rings. The van der Waals surface area contributed by atoms with Crippen LogP contribution in [0.4, 0.5) is 10.1 Å². The Hall–Kier alpha value is -2.44. The summed E-state index contributed by atoms with van der Waals surface area (Å²) in [6, 6.07) is 3.45. The third kappa shape index (κ3) is 4.68. The molecule has 0 radical (unpaired) electrons. The molecule has 0 saturated carbocycles. The Bertz CT molecular complexity index is 545. The van der Waals surface area contributed by atoms with Gasteiger partial charge in [0.05, 0.1) is 5.56 Å². The highest BCUT2D eigenvalue weighted by Crippen LogP contribution is 2.16. The van der Waals surface area contributed by atoms with Gasteiger partial charge in [0.2, 0.25) is 5.91 Å². The molecule has 2 amide bonds. The lowest BCUT2D eigenvalue weighted by molar-refractivity contribution is -0.138. The second-order valence-electron chi connectivity index (χ2n) is 4.51. The van der Waals surface area contributed by atoms with Gasteiger partial charge in [-0.3, -0.25) is 14.4 Å². The highest BCUT2D eigenvalue weighted by atomic mass is 19.1. The molecule has 7 heteroatoms. The second kappa shape index (κ2) is 6.65. The molecule has 108 valence electrons. The van der Waals surface area contributed by atoms with Gasteiger partial charge in [0.15, 0.2) is 0 Å². The first kappa shape index (κ1) is 15.6. The fraction of sp³-hybridized carbons (Fsp3) is 0.308. The molecule has 0 bridgehead atoms. The molecule has 0 spiro atoms. The van der Waals surface area contributed by atoms with Gasteiger partial charge < -0.3 is 16.2 Å². The zero-order valence-corrected chi connectivity index (χ0v) is 10.9. The minimum atomic E-state index is -0.983. The van der Waals surface area contributed by atoms with Gasteiger partial charge in [0.1, 0.15) is 5.82 Å². The third-order valence-electron chi connectivity index (χ3n) is 2.57. The van der Waals surface area contributed by atoms with Crippen LogP contribution in [0.15, 0.2) is 18.2 Å². The Balaban J connectivity index is 2.69. The van der Waals surface area contributed by atoms with E-state index in [0.717, 1.165) is 12.1 Å². The van der Waals surface area contributed by atoms with Crippen LogP contribution < -0.4 is 11.1 Å². The van der Waals surface area contributed by atoms with Crippen molar-refractivity contribution in [2.24, 2.45) is 11.7 Å². The molecule has 1 unspecified atom stereocenters. The van der Waals surface area contributed by atoms with Gasteiger partial charge in [-0.25, -0.2) is 4.39 Å². The number of primary amides is 1. The Morgan fingerprint density at radius 1 is 1.35 bits per heavy atom. The van der Waals surface area contributed by atoms with E-state index in [2.05, 4.69) is 5.32 Å². The number of halogens is 1. The number of hydrogen-bond donors (Lipinski definition) is 3. The van der Waals surface area contributed by atoms with Crippen LogP contribution in [0.1, 0.15) is 30.1 Å². The lowest BCUT2D eigenvalue weighted by Gasteiger charge is -2.10. The van der Waals surface area contributed by atoms with Crippen LogP contribution in [0, 0.1) is 11.7 Å². The van der Waals surface area contributed by atoms with Crippen LogP contribution in [0.5, 0.6) is 0 Å². The number of amides is 2. The Labute approximate surface area is 114 Å². The number of nitrogens with one attached hydrogen (secondary N) is 1. The van der Waals surface area contributed by atoms with E-state index in [1.54, 1.807) is 6.92 Å². The first-order valence-corrected chi connectivity index (χ1v) is 5.90. The number of benzene rings is 1. The lowest BCUT2D eigenvalue weighted by atomic mass is 10.0. The number of carboxylic acids is 1. The molecule has 0 aromatic heterocycles. The molecule has 0 fully saturated rings. The molecule has 0 aliphatic heterocycles. The van der Waals surface area contributed by atoms with Gasteiger partial charge in [-0.15, -0.1) is 0 Å². The van der Waals surface area contributed by atoms with Crippen LogP contribution in [-0.2, 0) is 9.59 Å². The number of aliphatic carboxylic acids is 1. The lowest BCUT2D eigenvalue weighted by Crippen LogP contribution is -2.18. The van der Waals surface area contributed by atoms with E-state index >= 15 is 0 Å². The summed E-state index contributed by atoms with van der Waals surface area (Å²) in [6.07, 6.45) is -0.112. The van der Waals surface area contributed by atoms with Crippen molar-refractivity contribution >= 4 is 23.5 Å².